The molecule has 2 rings (SSSR count). The van der Waals surface area contributed by atoms with Crippen LogP contribution in [0, 0.1) is 0 Å². The first-order valence-corrected chi connectivity index (χ1v) is 7.54. The fourth-order valence-electron chi connectivity index (χ4n) is 2.48. The Balaban J connectivity index is 2.06. The lowest BCUT2D eigenvalue weighted by molar-refractivity contribution is -0.145. The monoisotopic (exact) mass is 358 g/mol. The van der Waals surface area contributed by atoms with Gasteiger partial charge in [-0.15, -0.1) is 0 Å². The summed E-state index contributed by atoms with van der Waals surface area (Å²) in [5.74, 6) is -1.51. The molecule has 0 bridgehead atoms. The van der Waals surface area contributed by atoms with Gasteiger partial charge in [-0.2, -0.15) is 13.2 Å². The molecule has 1 aliphatic heterocycles. The van der Waals surface area contributed by atoms with Gasteiger partial charge < -0.3 is 15.4 Å². The summed E-state index contributed by atoms with van der Waals surface area (Å²) in [7, 11) is 1.14. The number of hydrogen-bond acceptors (Lipinski definition) is 4. The zero-order chi connectivity index (χ0) is 18.6. The second-order valence-corrected chi connectivity index (χ2v) is 5.64. The Hall–Kier alpha value is -2.58. The standard InChI is InChI=1S/C16H17F3N2O4/c1-25-15(24)12(21-14(23)11-6-7-13(22)20-11)8-9-2-4-10(5-3-9)16(17,18)19/h2-5,11-12H,6-8H2,1H3,(H,20,22)(H,21,23)/t11-,12-/m0/s1. The first-order valence-electron chi connectivity index (χ1n) is 7.54. The lowest BCUT2D eigenvalue weighted by Gasteiger charge is -2.19. The summed E-state index contributed by atoms with van der Waals surface area (Å²) in [5, 5.41) is 4.95. The molecule has 0 spiro atoms. The van der Waals surface area contributed by atoms with Gasteiger partial charge in [0, 0.05) is 12.8 Å². The van der Waals surface area contributed by atoms with E-state index in [0.717, 1.165) is 19.2 Å². The van der Waals surface area contributed by atoms with Crippen molar-refractivity contribution in [2.45, 2.75) is 37.5 Å². The molecule has 1 aromatic carbocycles. The van der Waals surface area contributed by atoms with Gasteiger partial charge in [0.1, 0.15) is 12.1 Å². The molecule has 25 heavy (non-hydrogen) atoms. The number of carbonyl (C=O) groups excluding carboxylic acids is 3. The molecule has 0 aromatic heterocycles. The van der Waals surface area contributed by atoms with E-state index in [1.165, 1.54) is 12.1 Å². The van der Waals surface area contributed by atoms with Crippen LogP contribution in [0.5, 0.6) is 0 Å². The minimum absolute atomic E-state index is 0.0305. The minimum Gasteiger partial charge on any atom is -0.467 e. The number of ether oxygens (including phenoxy) is 1. The van der Waals surface area contributed by atoms with Gasteiger partial charge in [0.2, 0.25) is 11.8 Å². The highest BCUT2D eigenvalue weighted by Gasteiger charge is 2.32. The van der Waals surface area contributed by atoms with Crippen LogP contribution in [0.2, 0.25) is 0 Å². The van der Waals surface area contributed by atoms with Gasteiger partial charge in [0.25, 0.3) is 0 Å². The summed E-state index contributed by atoms with van der Waals surface area (Å²) in [5.41, 5.74) is -0.372. The van der Waals surface area contributed by atoms with Crippen LogP contribution in [0.25, 0.3) is 0 Å². The van der Waals surface area contributed by atoms with Crippen molar-refractivity contribution in [1.82, 2.24) is 10.6 Å². The van der Waals surface area contributed by atoms with Crippen LogP contribution in [0.3, 0.4) is 0 Å². The Bertz CT molecular complexity index is 658. The summed E-state index contributed by atoms with van der Waals surface area (Å²) < 4.78 is 42.4. The van der Waals surface area contributed by atoms with Crippen LogP contribution >= 0.6 is 0 Å². The van der Waals surface area contributed by atoms with Crippen LogP contribution in [-0.4, -0.2) is 37.0 Å². The third-order valence-corrected chi connectivity index (χ3v) is 3.84. The van der Waals surface area contributed by atoms with Crippen molar-refractivity contribution in [3.63, 3.8) is 0 Å². The summed E-state index contributed by atoms with van der Waals surface area (Å²) in [6.07, 6.45) is -3.94. The Morgan fingerprint density at radius 3 is 2.44 bits per heavy atom. The lowest BCUT2D eigenvalue weighted by atomic mass is 10.0. The molecule has 9 heteroatoms. The smallest absolute Gasteiger partial charge is 0.416 e. The molecular weight excluding hydrogens is 341 g/mol. The number of nitrogens with one attached hydrogen (secondary N) is 2. The number of alkyl halides is 3. The maximum absolute atomic E-state index is 12.6. The third kappa shape index (κ3) is 4.94. The van der Waals surface area contributed by atoms with Crippen LogP contribution in [0.1, 0.15) is 24.0 Å². The normalized spacial score (nSPS) is 18.4. The van der Waals surface area contributed by atoms with E-state index in [0.29, 0.717) is 12.0 Å². The van der Waals surface area contributed by atoms with Gasteiger partial charge in [-0.3, -0.25) is 9.59 Å². The van der Waals surface area contributed by atoms with Crippen molar-refractivity contribution in [3.05, 3.63) is 35.4 Å². The first kappa shape index (κ1) is 18.8. The molecule has 1 saturated heterocycles. The van der Waals surface area contributed by atoms with Crippen molar-refractivity contribution >= 4 is 17.8 Å². The van der Waals surface area contributed by atoms with Crippen LogP contribution in [0.4, 0.5) is 13.2 Å². The van der Waals surface area contributed by atoms with Crippen LogP contribution in [-0.2, 0) is 31.7 Å². The third-order valence-electron chi connectivity index (χ3n) is 3.84. The number of esters is 1. The molecule has 2 atom stereocenters. The van der Waals surface area contributed by atoms with E-state index in [1.54, 1.807) is 0 Å². The number of amides is 2. The van der Waals surface area contributed by atoms with Crippen molar-refractivity contribution in [2.75, 3.05) is 7.11 Å². The molecule has 2 N–H and O–H groups in total. The van der Waals surface area contributed by atoms with E-state index in [4.69, 9.17) is 0 Å². The number of hydrogen-bond donors (Lipinski definition) is 2. The summed E-state index contributed by atoms with van der Waals surface area (Å²) in [6.45, 7) is 0. The molecule has 2 amide bonds. The quantitative estimate of drug-likeness (QED) is 0.775. The van der Waals surface area contributed by atoms with E-state index in [2.05, 4.69) is 15.4 Å². The van der Waals surface area contributed by atoms with Gasteiger partial charge >= 0.3 is 12.1 Å². The number of halogens is 3. The lowest BCUT2D eigenvalue weighted by Crippen LogP contribution is -2.50. The summed E-state index contributed by atoms with van der Waals surface area (Å²) in [6, 6.07) is 2.50. The Morgan fingerprint density at radius 2 is 1.96 bits per heavy atom. The zero-order valence-corrected chi connectivity index (χ0v) is 13.4. The van der Waals surface area contributed by atoms with Gasteiger partial charge in [-0.1, -0.05) is 12.1 Å². The van der Waals surface area contributed by atoms with E-state index in [1.807, 2.05) is 0 Å². The van der Waals surface area contributed by atoms with Crippen molar-refractivity contribution < 1.29 is 32.3 Å². The molecule has 0 saturated carbocycles. The number of benzene rings is 1. The topological polar surface area (TPSA) is 84.5 Å². The first-order chi connectivity index (χ1) is 11.7. The molecule has 1 aliphatic rings. The second-order valence-electron chi connectivity index (χ2n) is 5.64. The molecule has 1 fully saturated rings. The Labute approximate surface area is 141 Å². The van der Waals surface area contributed by atoms with Crippen LogP contribution in [0.15, 0.2) is 24.3 Å². The molecule has 6 nitrogen and oxygen atoms in total. The SMILES string of the molecule is COC(=O)[C@H](Cc1ccc(C(F)(F)F)cc1)NC(=O)[C@@H]1CCC(=O)N1. The van der Waals surface area contributed by atoms with E-state index in [-0.39, 0.29) is 18.7 Å². The highest BCUT2D eigenvalue weighted by Crippen LogP contribution is 2.29. The van der Waals surface area contributed by atoms with Crippen molar-refractivity contribution in [2.24, 2.45) is 0 Å². The van der Waals surface area contributed by atoms with E-state index < -0.39 is 35.7 Å². The molecule has 1 aromatic rings. The minimum atomic E-state index is -4.45. The van der Waals surface area contributed by atoms with Crippen molar-refractivity contribution in [3.8, 4) is 0 Å². The average Bonchev–Trinajstić information content (AvgIpc) is 2.99. The van der Waals surface area contributed by atoms with Gasteiger partial charge in [-0.25, -0.2) is 4.79 Å². The second kappa shape index (κ2) is 7.54. The largest absolute Gasteiger partial charge is 0.467 e. The molecule has 0 radical (unpaired) electrons. The molecule has 0 aliphatic carbocycles. The van der Waals surface area contributed by atoms with Gasteiger partial charge in [0.15, 0.2) is 0 Å². The number of methoxy groups -OCH3 is 1. The number of rotatable bonds is 5. The molecular formula is C16H17F3N2O4. The highest BCUT2D eigenvalue weighted by atomic mass is 19.4. The molecule has 0 unspecified atom stereocenters. The highest BCUT2D eigenvalue weighted by molar-refractivity contribution is 5.93. The van der Waals surface area contributed by atoms with E-state index >= 15 is 0 Å². The Kier molecular flexibility index (Phi) is 5.66. The average molecular weight is 358 g/mol. The maximum atomic E-state index is 12.6. The summed E-state index contributed by atoms with van der Waals surface area (Å²) in [4.78, 5) is 35.1. The molecule has 1 heterocycles. The fourth-order valence-corrected chi connectivity index (χ4v) is 2.48. The maximum Gasteiger partial charge on any atom is 0.416 e. The number of carbonyl (C=O) groups is 3. The fraction of sp³-hybridized carbons (Fsp3) is 0.438. The summed E-state index contributed by atoms with van der Waals surface area (Å²) >= 11 is 0. The van der Waals surface area contributed by atoms with Gasteiger partial charge in [-0.05, 0) is 24.1 Å². The Morgan fingerprint density at radius 1 is 1.32 bits per heavy atom. The van der Waals surface area contributed by atoms with Crippen LogP contribution < -0.4 is 10.6 Å². The predicted octanol–water partition coefficient (Wildman–Crippen LogP) is 1.18. The van der Waals surface area contributed by atoms with E-state index in [9.17, 15) is 27.6 Å². The predicted molar refractivity (Wildman–Crippen MR) is 80.3 cm³/mol. The van der Waals surface area contributed by atoms with Gasteiger partial charge in [0.05, 0.1) is 12.7 Å². The van der Waals surface area contributed by atoms with Crippen molar-refractivity contribution in [1.29, 1.82) is 0 Å². The molecule has 136 valence electrons. The zero-order valence-electron chi connectivity index (χ0n) is 13.4.